The monoisotopic (exact) mass is 243 g/mol. The van der Waals surface area contributed by atoms with Crippen LogP contribution in [0, 0.1) is 5.41 Å². The largest absolute Gasteiger partial charge is 0.312 e. The second-order valence-electron chi connectivity index (χ2n) is 4.54. The first-order chi connectivity index (χ1) is 7.07. The Hall–Kier alpha value is -0.240. The second-order valence-corrected chi connectivity index (χ2v) is 5.39. The van der Waals surface area contributed by atoms with Gasteiger partial charge in [-0.3, -0.25) is 0 Å². The summed E-state index contributed by atoms with van der Waals surface area (Å²) in [5.74, 6) is 0. The molecule has 1 nitrogen and oxygen atoms in total. The minimum atomic E-state index is 0.309. The minimum absolute atomic E-state index is 0.309. The Labute approximate surface area is 101 Å². The summed E-state index contributed by atoms with van der Waals surface area (Å²) in [7, 11) is 1.98. The van der Waals surface area contributed by atoms with E-state index in [2.05, 4.69) is 12.2 Å². The number of hydrogen-bond donors (Lipinski definition) is 1. The van der Waals surface area contributed by atoms with Gasteiger partial charge < -0.3 is 5.32 Å². The Morgan fingerprint density at radius 3 is 2.53 bits per heavy atom. The molecule has 1 aliphatic carbocycles. The molecule has 0 saturated heterocycles. The summed E-state index contributed by atoms with van der Waals surface area (Å²) in [6, 6.07) is 5.97. The van der Waals surface area contributed by atoms with Crippen molar-refractivity contribution in [3.8, 4) is 0 Å². The first kappa shape index (κ1) is 11.3. The lowest BCUT2D eigenvalue weighted by Gasteiger charge is -2.24. The van der Waals surface area contributed by atoms with Gasteiger partial charge in [-0.1, -0.05) is 30.1 Å². The summed E-state index contributed by atoms with van der Waals surface area (Å²) in [5.41, 5.74) is 1.47. The number of nitrogens with one attached hydrogen (secondary N) is 1. The van der Waals surface area contributed by atoms with Crippen molar-refractivity contribution in [1.82, 2.24) is 5.32 Å². The molecule has 1 fully saturated rings. The topological polar surface area (TPSA) is 12.0 Å². The zero-order valence-corrected chi connectivity index (χ0v) is 10.5. The van der Waals surface area contributed by atoms with Crippen LogP contribution in [0.5, 0.6) is 0 Å². The average molecular weight is 244 g/mol. The lowest BCUT2D eigenvalue weighted by atomic mass is 9.92. The van der Waals surface area contributed by atoms with Gasteiger partial charge in [0.25, 0.3) is 0 Å². The predicted octanol–water partition coefficient (Wildman–Crippen LogP) is 4.05. The van der Waals surface area contributed by atoms with Crippen LogP contribution in [0.2, 0.25) is 10.0 Å². The van der Waals surface area contributed by atoms with Crippen LogP contribution in [0.15, 0.2) is 18.2 Å². The molecule has 0 aromatic heterocycles. The molecule has 0 aliphatic heterocycles. The van der Waals surface area contributed by atoms with Crippen LogP contribution < -0.4 is 5.32 Å². The van der Waals surface area contributed by atoms with Crippen molar-refractivity contribution in [3.63, 3.8) is 0 Å². The van der Waals surface area contributed by atoms with E-state index in [1.54, 1.807) is 0 Å². The highest BCUT2D eigenvalue weighted by Crippen LogP contribution is 2.55. The molecule has 2 rings (SSSR count). The van der Waals surface area contributed by atoms with Gasteiger partial charge >= 0.3 is 0 Å². The summed E-state index contributed by atoms with van der Waals surface area (Å²) >= 11 is 12.2. The van der Waals surface area contributed by atoms with Crippen molar-refractivity contribution >= 4 is 23.2 Å². The summed E-state index contributed by atoms with van der Waals surface area (Å²) in [5, 5.41) is 4.89. The van der Waals surface area contributed by atoms with E-state index >= 15 is 0 Å². The van der Waals surface area contributed by atoms with E-state index in [1.165, 1.54) is 12.8 Å². The fourth-order valence-electron chi connectivity index (χ4n) is 2.10. The van der Waals surface area contributed by atoms with Gasteiger partial charge in [0.05, 0.1) is 0 Å². The highest BCUT2D eigenvalue weighted by Gasteiger charge is 2.45. The molecular weight excluding hydrogens is 229 g/mol. The van der Waals surface area contributed by atoms with Crippen LogP contribution in [-0.2, 0) is 0 Å². The molecule has 0 radical (unpaired) electrons. The van der Waals surface area contributed by atoms with Gasteiger partial charge in [-0.25, -0.2) is 0 Å². The average Bonchev–Trinajstić information content (AvgIpc) is 2.92. The van der Waals surface area contributed by atoms with Crippen molar-refractivity contribution in [2.24, 2.45) is 5.41 Å². The van der Waals surface area contributed by atoms with Crippen LogP contribution >= 0.6 is 23.2 Å². The molecule has 0 amide bonds. The van der Waals surface area contributed by atoms with E-state index in [0.717, 1.165) is 15.6 Å². The molecule has 3 heteroatoms. The molecule has 82 valence electrons. The highest BCUT2D eigenvalue weighted by atomic mass is 35.5. The summed E-state index contributed by atoms with van der Waals surface area (Å²) in [6.07, 6.45) is 2.50. The Kier molecular flexibility index (Phi) is 2.98. The summed E-state index contributed by atoms with van der Waals surface area (Å²) < 4.78 is 0. The molecule has 1 aromatic carbocycles. The fraction of sp³-hybridized carbons (Fsp3) is 0.500. The molecule has 1 aliphatic rings. The van der Waals surface area contributed by atoms with Gasteiger partial charge in [-0.05, 0) is 49.1 Å². The van der Waals surface area contributed by atoms with Crippen molar-refractivity contribution in [3.05, 3.63) is 33.8 Å². The minimum Gasteiger partial charge on any atom is -0.312 e. The van der Waals surface area contributed by atoms with E-state index < -0.39 is 0 Å². The molecule has 1 unspecified atom stereocenters. The number of rotatable bonds is 3. The number of halogens is 2. The third-order valence-corrected chi connectivity index (χ3v) is 3.87. The van der Waals surface area contributed by atoms with Gasteiger partial charge in [0.1, 0.15) is 0 Å². The maximum atomic E-state index is 6.20. The van der Waals surface area contributed by atoms with Gasteiger partial charge in [-0.2, -0.15) is 0 Å². The third kappa shape index (κ3) is 2.15. The van der Waals surface area contributed by atoms with E-state index in [1.807, 2.05) is 25.2 Å². The van der Waals surface area contributed by atoms with Crippen LogP contribution in [0.3, 0.4) is 0 Å². The molecule has 0 bridgehead atoms. The molecule has 1 saturated carbocycles. The standard InChI is InChI=1S/C12H15Cl2N/c1-12(5-6-12)11(15-2)9-7-8(13)3-4-10(9)14/h3-4,7,11,15H,5-6H2,1-2H3. The second kappa shape index (κ2) is 3.97. The lowest BCUT2D eigenvalue weighted by Crippen LogP contribution is -2.24. The van der Waals surface area contributed by atoms with Gasteiger partial charge in [0, 0.05) is 16.1 Å². The van der Waals surface area contributed by atoms with E-state index in [-0.39, 0.29) is 0 Å². The van der Waals surface area contributed by atoms with Crippen LogP contribution in [-0.4, -0.2) is 7.05 Å². The number of benzene rings is 1. The van der Waals surface area contributed by atoms with Crippen molar-refractivity contribution < 1.29 is 0 Å². The Bertz CT molecular complexity index is 372. The third-order valence-electron chi connectivity index (χ3n) is 3.29. The maximum Gasteiger partial charge on any atom is 0.0455 e. The summed E-state index contributed by atoms with van der Waals surface area (Å²) in [4.78, 5) is 0. The Balaban J connectivity index is 2.37. The molecule has 0 spiro atoms. The smallest absolute Gasteiger partial charge is 0.0455 e. The highest BCUT2D eigenvalue weighted by molar-refractivity contribution is 6.33. The quantitative estimate of drug-likeness (QED) is 0.845. The first-order valence-corrected chi connectivity index (χ1v) is 5.95. The first-order valence-electron chi connectivity index (χ1n) is 5.19. The Morgan fingerprint density at radius 1 is 1.33 bits per heavy atom. The molecule has 15 heavy (non-hydrogen) atoms. The van der Waals surface area contributed by atoms with Gasteiger partial charge in [0.2, 0.25) is 0 Å². The van der Waals surface area contributed by atoms with Crippen LogP contribution in [0.1, 0.15) is 31.4 Å². The summed E-state index contributed by atoms with van der Waals surface area (Å²) in [6.45, 7) is 2.28. The molecule has 1 N–H and O–H groups in total. The van der Waals surface area contributed by atoms with Crippen molar-refractivity contribution in [2.75, 3.05) is 7.05 Å². The maximum absolute atomic E-state index is 6.20. The molecule has 1 atom stereocenters. The normalized spacial score (nSPS) is 20.0. The van der Waals surface area contributed by atoms with Gasteiger partial charge in [0.15, 0.2) is 0 Å². The van der Waals surface area contributed by atoms with Crippen LogP contribution in [0.4, 0.5) is 0 Å². The SMILES string of the molecule is CNC(c1cc(Cl)ccc1Cl)C1(C)CC1. The number of hydrogen-bond acceptors (Lipinski definition) is 1. The van der Waals surface area contributed by atoms with Crippen molar-refractivity contribution in [1.29, 1.82) is 0 Å². The van der Waals surface area contributed by atoms with Crippen molar-refractivity contribution in [2.45, 2.75) is 25.8 Å². The predicted molar refractivity (Wildman–Crippen MR) is 65.6 cm³/mol. The zero-order valence-electron chi connectivity index (χ0n) is 8.98. The van der Waals surface area contributed by atoms with Crippen LogP contribution in [0.25, 0.3) is 0 Å². The lowest BCUT2D eigenvalue weighted by molar-refractivity contribution is 0.390. The molecule has 1 aromatic rings. The molecular formula is C12H15Cl2N. The fourth-order valence-corrected chi connectivity index (χ4v) is 2.51. The van der Waals surface area contributed by atoms with Gasteiger partial charge in [-0.15, -0.1) is 0 Å². The van der Waals surface area contributed by atoms with E-state index in [0.29, 0.717) is 11.5 Å². The molecule has 0 heterocycles. The van der Waals surface area contributed by atoms with E-state index in [9.17, 15) is 0 Å². The zero-order chi connectivity index (χ0) is 11.1. The Morgan fingerprint density at radius 2 is 2.00 bits per heavy atom. The van der Waals surface area contributed by atoms with E-state index in [4.69, 9.17) is 23.2 Å².